The molecule has 0 saturated carbocycles. The van der Waals surface area contributed by atoms with E-state index in [0.29, 0.717) is 0 Å². The molecule has 4 heavy (non-hydrogen) atoms. The van der Waals surface area contributed by atoms with Crippen molar-refractivity contribution in [2.45, 2.75) is 0 Å². The van der Waals surface area contributed by atoms with Crippen LogP contribution in [0.25, 0.3) is 0 Å². The molecule has 0 bridgehead atoms. The molecule has 0 aromatic rings. The van der Waals surface area contributed by atoms with Gasteiger partial charge in [0.2, 0.25) is 0 Å². The molecule has 0 aliphatic rings. The Bertz CT molecular complexity index is 6.00. The van der Waals surface area contributed by atoms with Gasteiger partial charge in [-0.15, -0.1) is 0 Å². The van der Waals surface area contributed by atoms with Crippen molar-refractivity contribution in [2.24, 2.45) is 0 Å². The number of hydrogen-bond acceptors (Lipinski definition) is 0. The Morgan fingerprint density at radius 3 is 1.25 bits per heavy atom. The number of rotatable bonds is 0. The van der Waals surface area contributed by atoms with Crippen molar-refractivity contribution < 1.29 is 33.8 Å². The first-order chi connectivity index (χ1) is 1.41. The Balaban J connectivity index is 0. The molecule has 4 heteroatoms. The average molecular weight is 318 g/mol. The first kappa shape index (κ1) is 9.25. The topological polar surface area (TPSA) is 0 Å². The van der Waals surface area contributed by atoms with Gasteiger partial charge in [-0.25, -0.2) is 0 Å². The van der Waals surface area contributed by atoms with Crippen molar-refractivity contribution in [3.05, 3.63) is 0 Å². The summed E-state index contributed by atoms with van der Waals surface area (Å²) < 4.78 is 0. The van der Waals surface area contributed by atoms with Crippen LogP contribution in [0.1, 0.15) is 0 Å². The maximum atomic E-state index is 4.88. The molecule has 0 aromatic heterocycles. The van der Waals surface area contributed by atoms with Crippen molar-refractivity contribution in [1.29, 1.82) is 0 Å². The average Bonchev–Trinajstić information content (AvgIpc) is 0.918. The molecule has 0 amide bonds. The van der Waals surface area contributed by atoms with Gasteiger partial charge in [0.1, 0.15) is 0 Å². The summed E-state index contributed by atoms with van der Waals surface area (Å²) in [6.07, 6.45) is 0. The smallest absolute Gasteiger partial charge is 0 e. The third-order valence-electron chi connectivity index (χ3n) is 0. The second-order valence-corrected chi connectivity index (χ2v) is 3.33. The minimum absolute atomic E-state index is 0. The predicted molar refractivity (Wildman–Crippen MR) is 11.7 cm³/mol. The van der Waals surface area contributed by atoms with Crippen LogP contribution in [-0.4, -0.2) is 0 Å². The van der Waals surface area contributed by atoms with Crippen LogP contribution < -0.4 is 0 Å². The van der Waals surface area contributed by atoms with E-state index in [-0.39, 0.29) is 17.4 Å². The third kappa shape index (κ3) is 9.19. The fourth-order valence-electron chi connectivity index (χ4n) is 0. The SMILES string of the molecule is [Cl][Pt][Cl].[Cr]. The first-order valence-electron chi connectivity index (χ1n) is 0.239. The van der Waals surface area contributed by atoms with E-state index in [1.54, 1.807) is 0 Å². The Labute approximate surface area is 52.4 Å². The molecule has 0 aromatic carbocycles. The minimum atomic E-state index is -0.472. The fraction of sp³-hybridized carbons (Fsp3) is 0. The normalized spacial score (nSPS) is 5.50. The largest absolute Gasteiger partial charge is 0 e. The van der Waals surface area contributed by atoms with Crippen LogP contribution in [0.3, 0.4) is 0 Å². The van der Waals surface area contributed by atoms with E-state index < -0.39 is 16.5 Å². The van der Waals surface area contributed by atoms with Crippen LogP contribution in [0, 0.1) is 0 Å². The fourth-order valence-corrected chi connectivity index (χ4v) is 0. The molecule has 0 heterocycles. The molecular weight excluding hydrogens is 318 g/mol. The van der Waals surface area contributed by atoms with Crippen LogP contribution in [0.15, 0.2) is 0 Å². The summed E-state index contributed by atoms with van der Waals surface area (Å²) in [5.74, 6) is 0. The monoisotopic (exact) mass is 317 g/mol. The molecule has 0 unspecified atom stereocenters. The van der Waals surface area contributed by atoms with Crippen LogP contribution in [0.5, 0.6) is 0 Å². The summed E-state index contributed by atoms with van der Waals surface area (Å²) in [7, 11) is 9.75. The molecule has 30 valence electrons. The zero-order chi connectivity index (χ0) is 2.71. The second-order valence-electron chi connectivity index (χ2n) is 0.0452. The van der Waals surface area contributed by atoms with Gasteiger partial charge in [-0.2, -0.15) is 0 Å². The minimum Gasteiger partial charge on any atom is 0 e. The van der Waals surface area contributed by atoms with E-state index in [1.807, 2.05) is 0 Å². The summed E-state index contributed by atoms with van der Waals surface area (Å²) in [4.78, 5) is 0. The van der Waals surface area contributed by atoms with E-state index >= 15 is 0 Å². The van der Waals surface area contributed by atoms with E-state index in [1.165, 1.54) is 0 Å². The van der Waals surface area contributed by atoms with Crippen LogP contribution >= 0.6 is 18.8 Å². The van der Waals surface area contributed by atoms with Gasteiger partial charge in [0.25, 0.3) is 0 Å². The zero-order valence-electron chi connectivity index (χ0n) is 1.48. The van der Waals surface area contributed by atoms with Crippen LogP contribution in [0.2, 0.25) is 0 Å². The molecule has 0 aliphatic heterocycles. The standard InChI is InChI=1S/2ClH.Cr.Pt/h2*1H;;/q;;;+2/p-2. The van der Waals surface area contributed by atoms with Gasteiger partial charge < -0.3 is 0 Å². The summed E-state index contributed by atoms with van der Waals surface area (Å²) in [6, 6.07) is 0. The quantitative estimate of drug-likeness (QED) is 0.633. The molecule has 0 atom stereocenters. The van der Waals surface area contributed by atoms with Gasteiger partial charge in [-0.05, 0) is 0 Å². The summed E-state index contributed by atoms with van der Waals surface area (Å²) in [5, 5.41) is 0. The molecule has 0 saturated heterocycles. The molecule has 0 spiro atoms. The first-order valence-corrected chi connectivity index (χ1v) is 5.87. The molecule has 0 radical (unpaired) electrons. The van der Waals surface area contributed by atoms with Gasteiger partial charge in [-0.1, -0.05) is 0 Å². The molecule has 0 rings (SSSR count). The maximum Gasteiger partial charge on any atom is 0 e. The van der Waals surface area contributed by atoms with E-state index in [2.05, 4.69) is 0 Å². The summed E-state index contributed by atoms with van der Waals surface area (Å²) in [5.41, 5.74) is 0. The molecule has 0 N–H and O–H groups in total. The number of halogens is 2. The van der Waals surface area contributed by atoms with Crippen molar-refractivity contribution in [3.63, 3.8) is 0 Å². The molecular formula is Cl2CrPt. The Morgan fingerprint density at radius 2 is 1.25 bits per heavy atom. The molecule has 0 aliphatic carbocycles. The maximum absolute atomic E-state index is 4.88. The van der Waals surface area contributed by atoms with E-state index in [0.717, 1.165) is 0 Å². The van der Waals surface area contributed by atoms with Crippen LogP contribution in [0.4, 0.5) is 0 Å². The van der Waals surface area contributed by atoms with Gasteiger partial charge in [0.15, 0.2) is 0 Å². The summed E-state index contributed by atoms with van der Waals surface area (Å²) >= 11 is -0.472. The molecule has 0 nitrogen and oxygen atoms in total. The predicted octanol–water partition coefficient (Wildman–Crippen LogP) is 1.37. The molecule has 0 fully saturated rings. The summed E-state index contributed by atoms with van der Waals surface area (Å²) in [6.45, 7) is 0. The second kappa shape index (κ2) is 8.84. The third-order valence-corrected chi connectivity index (χ3v) is 0. The van der Waals surface area contributed by atoms with Crippen molar-refractivity contribution in [2.75, 3.05) is 0 Å². The van der Waals surface area contributed by atoms with Crippen molar-refractivity contribution >= 4 is 18.8 Å². The zero-order valence-corrected chi connectivity index (χ0v) is 6.54. The Morgan fingerprint density at radius 1 is 1.25 bits per heavy atom. The van der Waals surface area contributed by atoms with E-state index in [4.69, 9.17) is 18.8 Å². The van der Waals surface area contributed by atoms with Crippen LogP contribution in [-0.2, 0) is 33.8 Å². The Kier molecular flexibility index (Phi) is 20.5. The van der Waals surface area contributed by atoms with Gasteiger partial charge in [0, 0.05) is 17.4 Å². The van der Waals surface area contributed by atoms with Crippen molar-refractivity contribution in [1.82, 2.24) is 0 Å². The Hall–Kier alpha value is 1.80. The van der Waals surface area contributed by atoms with Crippen molar-refractivity contribution in [3.8, 4) is 0 Å². The van der Waals surface area contributed by atoms with E-state index in [9.17, 15) is 0 Å². The van der Waals surface area contributed by atoms with Gasteiger partial charge in [-0.3, -0.25) is 0 Å². The van der Waals surface area contributed by atoms with Gasteiger partial charge in [0.05, 0.1) is 0 Å². The van der Waals surface area contributed by atoms with Gasteiger partial charge >= 0.3 is 35.3 Å². The number of hydrogen-bond donors (Lipinski definition) is 0.